The Morgan fingerprint density at radius 2 is 2.13 bits per heavy atom. The van der Waals surface area contributed by atoms with Gasteiger partial charge in [0, 0.05) is 45.9 Å². The number of hydrogen-bond acceptors (Lipinski definition) is 6. The van der Waals surface area contributed by atoms with Gasteiger partial charge in [-0.05, 0) is 30.7 Å². The summed E-state index contributed by atoms with van der Waals surface area (Å²) in [6.45, 7) is 4.05. The Morgan fingerprint density at radius 1 is 1.35 bits per heavy atom. The third kappa shape index (κ3) is 3.55. The Kier molecular flexibility index (Phi) is 4.66. The number of piperidine rings is 2. The molecule has 23 heavy (non-hydrogen) atoms. The molecule has 7 heteroatoms. The second-order valence-corrected chi connectivity index (χ2v) is 6.57. The number of carbonyl (C=O) groups excluding carboxylic acids is 1. The number of carbonyl (C=O) groups is 1. The van der Waals surface area contributed by atoms with Gasteiger partial charge in [-0.2, -0.15) is 4.98 Å². The van der Waals surface area contributed by atoms with E-state index in [0.717, 1.165) is 44.7 Å². The number of rotatable bonds is 4. The first-order valence-electron chi connectivity index (χ1n) is 8.22. The number of nitrogens with zero attached hydrogens (tertiary/aromatic N) is 4. The van der Waals surface area contributed by atoms with Crippen molar-refractivity contribution < 1.29 is 9.53 Å². The van der Waals surface area contributed by atoms with Gasteiger partial charge in [0.1, 0.15) is 5.82 Å². The number of hydrogen-bond donors (Lipinski definition) is 1. The Bertz CT molecular complexity index is 557. The molecule has 3 rings (SSSR count). The van der Waals surface area contributed by atoms with Gasteiger partial charge in [-0.15, -0.1) is 0 Å². The summed E-state index contributed by atoms with van der Waals surface area (Å²) in [5, 5.41) is 0. The van der Waals surface area contributed by atoms with Gasteiger partial charge in [-0.1, -0.05) is 0 Å². The second-order valence-electron chi connectivity index (χ2n) is 6.57. The lowest BCUT2D eigenvalue weighted by Crippen LogP contribution is -2.52. The van der Waals surface area contributed by atoms with Crippen molar-refractivity contribution in [3.05, 3.63) is 12.3 Å². The van der Waals surface area contributed by atoms with Crippen LogP contribution in [0.4, 0.5) is 11.8 Å². The highest BCUT2D eigenvalue weighted by Gasteiger charge is 2.41. The summed E-state index contributed by atoms with van der Waals surface area (Å²) >= 11 is 0. The van der Waals surface area contributed by atoms with Crippen LogP contribution in [-0.2, 0) is 9.53 Å². The number of anilines is 2. The molecule has 126 valence electrons. The minimum Gasteiger partial charge on any atom is -0.383 e. The van der Waals surface area contributed by atoms with Crippen molar-refractivity contribution in [2.24, 2.45) is 5.41 Å². The van der Waals surface area contributed by atoms with Crippen molar-refractivity contribution in [3.8, 4) is 0 Å². The van der Waals surface area contributed by atoms with Gasteiger partial charge in [-0.25, -0.2) is 4.98 Å². The first kappa shape index (κ1) is 16.0. The number of ether oxygens (including phenoxy) is 1. The molecule has 7 nitrogen and oxygen atoms in total. The molecule has 0 radical (unpaired) electrons. The van der Waals surface area contributed by atoms with E-state index in [1.54, 1.807) is 13.3 Å². The molecule has 0 aliphatic carbocycles. The van der Waals surface area contributed by atoms with Gasteiger partial charge < -0.3 is 20.3 Å². The third-order valence-corrected chi connectivity index (χ3v) is 5.12. The summed E-state index contributed by atoms with van der Waals surface area (Å²) in [5.74, 6) is 1.48. The predicted molar refractivity (Wildman–Crippen MR) is 88.0 cm³/mol. The van der Waals surface area contributed by atoms with E-state index in [4.69, 9.17) is 10.5 Å². The molecular weight excluding hydrogens is 294 g/mol. The van der Waals surface area contributed by atoms with Crippen LogP contribution in [0.1, 0.15) is 25.7 Å². The topological polar surface area (TPSA) is 84.6 Å². The number of aromatic nitrogens is 2. The lowest BCUT2D eigenvalue weighted by Gasteiger charge is -2.47. The van der Waals surface area contributed by atoms with E-state index in [2.05, 4.69) is 14.9 Å². The van der Waals surface area contributed by atoms with Crippen molar-refractivity contribution in [1.29, 1.82) is 0 Å². The quantitative estimate of drug-likeness (QED) is 0.888. The van der Waals surface area contributed by atoms with Crippen LogP contribution in [0.5, 0.6) is 0 Å². The van der Waals surface area contributed by atoms with Crippen LogP contribution in [0.3, 0.4) is 0 Å². The number of nitrogens with two attached hydrogens (primary N) is 1. The molecule has 3 heterocycles. The molecule has 2 saturated heterocycles. The molecular formula is C16H25N5O2. The zero-order chi connectivity index (χ0) is 16.3. The Labute approximate surface area is 136 Å². The number of nitrogen functional groups attached to an aromatic ring is 1. The highest BCUT2D eigenvalue weighted by molar-refractivity contribution is 5.77. The van der Waals surface area contributed by atoms with Crippen LogP contribution in [-0.4, -0.2) is 60.7 Å². The van der Waals surface area contributed by atoms with E-state index in [9.17, 15) is 4.79 Å². The monoisotopic (exact) mass is 319 g/mol. The van der Waals surface area contributed by atoms with E-state index in [1.807, 2.05) is 11.0 Å². The summed E-state index contributed by atoms with van der Waals surface area (Å²) in [7, 11) is 1.68. The van der Waals surface area contributed by atoms with Crippen LogP contribution >= 0.6 is 0 Å². The maximum Gasteiger partial charge on any atom is 0.222 e. The summed E-state index contributed by atoms with van der Waals surface area (Å²) in [6, 6.07) is 1.91. The zero-order valence-corrected chi connectivity index (χ0v) is 13.7. The summed E-state index contributed by atoms with van der Waals surface area (Å²) in [6.07, 6.45) is 5.51. The Morgan fingerprint density at radius 3 is 2.83 bits per heavy atom. The van der Waals surface area contributed by atoms with Gasteiger partial charge in [-0.3, -0.25) is 4.79 Å². The Balaban J connectivity index is 1.62. The average molecular weight is 319 g/mol. The fourth-order valence-electron chi connectivity index (χ4n) is 3.67. The maximum atomic E-state index is 12.1. The minimum absolute atomic E-state index is 0.247. The van der Waals surface area contributed by atoms with E-state index in [1.165, 1.54) is 0 Å². The molecule has 1 aromatic rings. The van der Waals surface area contributed by atoms with Gasteiger partial charge in [0.2, 0.25) is 11.9 Å². The van der Waals surface area contributed by atoms with Crippen molar-refractivity contribution >= 4 is 17.7 Å². The van der Waals surface area contributed by atoms with Crippen LogP contribution in [0.2, 0.25) is 0 Å². The number of likely N-dealkylation sites (tertiary alicyclic amines) is 1. The molecule has 0 bridgehead atoms. The molecule has 2 fully saturated rings. The van der Waals surface area contributed by atoms with Gasteiger partial charge >= 0.3 is 0 Å². The smallest absolute Gasteiger partial charge is 0.222 e. The average Bonchev–Trinajstić information content (AvgIpc) is 2.57. The van der Waals surface area contributed by atoms with Gasteiger partial charge in [0.05, 0.1) is 6.61 Å². The molecule has 0 saturated carbocycles. The second kappa shape index (κ2) is 6.70. The zero-order valence-electron chi connectivity index (χ0n) is 13.7. The predicted octanol–water partition coefficient (Wildman–Crippen LogP) is 0.914. The molecule has 0 unspecified atom stereocenters. The molecule has 2 aliphatic rings. The molecule has 2 aliphatic heterocycles. The summed E-state index contributed by atoms with van der Waals surface area (Å²) in [5.41, 5.74) is 5.92. The fraction of sp³-hybridized carbons (Fsp3) is 0.688. The minimum atomic E-state index is 0.247. The molecule has 1 aromatic heterocycles. The van der Waals surface area contributed by atoms with E-state index in [0.29, 0.717) is 25.5 Å². The highest BCUT2D eigenvalue weighted by atomic mass is 16.5. The van der Waals surface area contributed by atoms with Gasteiger partial charge in [0.25, 0.3) is 0 Å². The lowest BCUT2D eigenvalue weighted by molar-refractivity contribution is -0.139. The van der Waals surface area contributed by atoms with Crippen LogP contribution in [0, 0.1) is 5.41 Å². The lowest BCUT2D eigenvalue weighted by atomic mass is 9.72. The highest BCUT2D eigenvalue weighted by Crippen LogP contribution is 2.40. The Hall–Kier alpha value is -1.89. The molecule has 1 spiro atoms. The van der Waals surface area contributed by atoms with Crippen LogP contribution in [0.25, 0.3) is 0 Å². The normalized spacial score (nSPS) is 21.0. The first-order chi connectivity index (χ1) is 11.1. The molecule has 2 N–H and O–H groups in total. The van der Waals surface area contributed by atoms with Crippen molar-refractivity contribution in [2.75, 3.05) is 50.5 Å². The van der Waals surface area contributed by atoms with E-state index < -0.39 is 0 Å². The number of amides is 1. The SMILES string of the molecule is COCCN1CC2(CCC1=O)CCN(c1ccnc(N)n1)CC2. The van der Waals surface area contributed by atoms with E-state index >= 15 is 0 Å². The maximum absolute atomic E-state index is 12.1. The van der Waals surface area contributed by atoms with Crippen LogP contribution < -0.4 is 10.6 Å². The molecule has 0 atom stereocenters. The summed E-state index contributed by atoms with van der Waals surface area (Å²) in [4.78, 5) is 24.6. The number of methoxy groups -OCH3 is 1. The van der Waals surface area contributed by atoms with Crippen LogP contribution in [0.15, 0.2) is 12.3 Å². The third-order valence-electron chi connectivity index (χ3n) is 5.12. The van der Waals surface area contributed by atoms with E-state index in [-0.39, 0.29) is 11.3 Å². The first-order valence-corrected chi connectivity index (χ1v) is 8.22. The molecule has 0 aromatic carbocycles. The standard InChI is InChI=1S/C16H25N5O2/c1-23-11-10-21-12-16(4-2-14(21)22)5-8-20(9-6-16)13-3-7-18-15(17)19-13/h3,7H,2,4-6,8-12H2,1H3,(H2,17,18,19). The van der Waals surface area contributed by atoms with Crippen molar-refractivity contribution in [2.45, 2.75) is 25.7 Å². The molecule has 1 amide bonds. The summed E-state index contributed by atoms with van der Waals surface area (Å²) < 4.78 is 5.13. The fourth-order valence-corrected chi connectivity index (χ4v) is 3.67. The van der Waals surface area contributed by atoms with Crippen molar-refractivity contribution in [3.63, 3.8) is 0 Å². The largest absolute Gasteiger partial charge is 0.383 e. The van der Waals surface area contributed by atoms with Crippen molar-refractivity contribution in [1.82, 2.24) is 14.9 Å². The van der Waals surface area contributed by atoms with Gasteiger partial charge in [0.15, 0.2) is 0 Å².